The van der Waals surface area contributed by atoms with Crippen molar-refractivity contribution in [3.8, 4) is 5.75 Å². The fourth-order valence-corrected chi connectivity index (χ4v) is 1.86. The van der Waals surface area contributed by atoms with E-state index in [2.05, 4.69) is 15.3 Å². The molecule has 0 bridgehead atoms. The number of nitro groups is 1. The summed E-state index contributed by atoms with van der Waals surface area (Å²) in [7, 11) is 3.45. The molecule has 2 aromatic rings. The van der Waals surface area contributed by atoms with Crippen molar-refractivity contribution in [2.75, 3.05) is 36.7 Å². The molecular formula is C14H18N6O3. The lowest BCUT2D eigenvalue weighted by atomic mass is 10.3. The van der Waals surface area contributed by atoms with Crippen LogP contribution in [0.15, 0.2) is 24.3 Å². The zero-order valence-corrected chi connectivity index (χ0v) is 13.1. The lowest BCUT2D eigenvalue weighted by molar-refractivity contribution is -0.383. The van der Waals surface area contributed by atoms with Gasteiger partial charge in [-0.05, 0) is 31.2 Å². The molecule has 0 saturated carbocycles. The number of nitrogens with one attached hydrogen (secondary N) is 1. The van der Waals surface area contributed by atoms with Crippen molar-refractivity contribution in [2.24, 2.45) is 0 Å². The molecule has 0 unspecified atom stereocenters. The molecule has 0 aliphatic rings. The number of hydrogen-bond donors (Lipinski definition) is 2. The van der Waals surface area contributed by atoms with E-state index >= 15 is 0 Å². The minimum atomic E-state index is -0.605. The van der Waals surface area contributed by atoms with E-state index in [0.717, 1.165) is 0 Å². The number of hydrogen-bond acceptors (Lipinski definition) is 8. The molecule has 3 N–H and O–H groups in total. The van der Waals surface area contributed by atoms with Crippen LogP contribution in [0.4, 0.5) is 29.0 Å². The summed E-state index contributed by atoms with van der Waals surface area (Å²) in [6.07, 6.45) is 0. The summed E-state index contributed by atoms with van der Waals surface area (Å²) in [4.78, 5) is 20.3. The maximum Gasteiger partial charge on any atom is 0.353 e. The molecule has 2 rings (SSSR count). The lowest BCUT2D eigenvalue weighted by Gasteiger charge is -2.14. The number of ether oxygens (including phenoxy) is 1. The van der Waals surface area contributed by atoms with Crippen molar-refractivity contribution in [2.45, 2.75) is 6.92 Å². The minimum absolute atomic E-state index is 0.0374. The van der Waals surface area contributed by atoms with Crippen LogP contribution >= 0.6 is 0 Å². The summed E-state index contributed by atoms with van der Waals surface area (Å²) in [6, 6.07) is 6.99. The van der Waals surface area contributed by atoms with E-state index in [1.54, 1.807) is 43.3 Å². The van der Waals surface area contributed by atoms with Gasteiger partial charge in [0.05, 0.1) is 11.5 Å². The second-order valence-corrected chi connectivity index (χ2v) is 4.84. The van der Waals surface area contributed by atoms with Crippen molar-refractivity contribution >= 4 is 29.0 Å². The maximum absolute atomic E-state index is 11.2. The van der Waals surface area contributed by atoms with Gasteiger partial charge in [-0.1, -0.05) is 0 Å². The van der Waals surface area contributed by atoms with Crippen LogP contribution in [0.2, 0.25) is 0 Å². The Morgan fingerprint density at radius 2 is 1.96 bits per heavy atom. The predicted molar refractivity (Wildman–Crippen MR) is 88.3 cm³/mol. The van der Waals surface area contributed by atoms with Gasteiger partial charge in [0.25, 0.3) is 0 Å². The minimum Gasteiger partial charge on any atom is -0.494 e. The number of nitrogen functional groups attached to an aromatic ring is 1. The van der Waals surface area contributed by atoms with Gasteiger partial charge < -0.3 is 20.7 Å². The number of aromatic nitrogens is 2. The van der Waals surface area contributed by atoms with Gasteiger partial charge >= 0.3 is 5.69 Å². The van der Waals surface area contributed by atoms with E-state index in [1.165, 1.54) is 0 Å². The summed E-state index contributed by atoms with van der Waals surface area (Å²) < 4.78 is 5.35. The average Bonchev–Trinajstić information content (AvgIpc) is 2.48. The van der Waals surface area contributed by atoms with Gasteiger partial charge in [0.1, 0.15) is 5.75 Å². The smallest absolute Gasteiger partial charge is 0.353 e. The molecule has 0 radical (unpaired) electrons. The van der Waals surface area contributed by atoms with Gasteiger partial charge in [0.15, 0.2) is 0 Å². The molecule has 9 heteroatoms. The van der Waals surface area contributed by atoms with Crippen LogP contribution in [0.25, 0.3) is 0 Å². The zero-order valence-electron chi connectivity index (χ0n) is 13.1. The first-order valence-corrected chi connectivity index (χ1v) is 6.91. The zero-order chi connectivity index (χ0) is 17.0. The molecule has 0 spiro atoms. The summed E-state index contributed by atoms with van der Waals surface area (Å²) in [6.45, 7) is 2.45. The van der Waals surface area contributed by atoms with E-state index < -0.39 is 4.92 Å². The van der Waals surface area contributed by atoms with E-state index in [4.69, 9.17) is 10.5 Å². The highest BCUT2D eigenvalue weighted by molar-refractivity contribution is 5.74. The first-order chi connectivity index (χ1) is 10.9. The number of benzene rings is 1. The van der Waals surface area contributed by atoms with Gasteiger partial charge in [0, 0.05) is 19.8 Å². The molecule has 0 saturated heterocycles. The van der Waals surface area contributed by atoms with Crippen LogP contribution in [0.5, 0.6) is 5.75 Å². The highest BCUT2D eigenvalue weighted by Crippen LogP contribution is 2.32. The molecule has 0 fully saturated rings. The van der Waals surface area contributed by atoms with Crippen molar-refractivity contribution in [1.82, 2.24) is 9.97 Å². The number of anilines is 4. The molecule has 0 amide bonds. The van der Waals surface area contributed by atoms with Gasteiger partial charge in [0.2, 0.25) is 17.6 Å². The average molecular weight is 318 g/mol. The Hall–Kier alpha value is -3.10. The molecule has 9 nitrogen and oxygen atoms in total. The largest absolute Gasteiger partial charge is 0.494 e. The fraction of sp³-hybridized carbons (Fsp3) is 0.286. The number of nitrogens with zero attached hydrogens (tertiary/aromatic N) is 4. The molecule has 1 aromatic heterocycles. The van der Waals surface area contributed by atoms with Crippen LogP contribution in [-0.4, -0.2) is 35.6 Å². The first-order valence-electron chi connectivity index (χ1n) is 6.91. The number of rotatable bonds is 6. The van der Waals surface area contributed by atoms with Crippen LogP contribution in [0.1, 0.15) is 6.92 Å². The third kappa shape index (κ3) is 3.76. The molecule has 1 aromatic carbocycles. The van der Waals surface area contributed by atoms with Crippen LogP contribution < -0.4 is 20.7 Å². The topological polar surface area (TPSA) is 119 Å². The van der Waals surface area contributed by atoms with Crippen molar-refractivity contribution in [1.29, 1.82) is 0 Å². The van der Waals surface area contributed by atoms with Crippen molar-refractivity contribution in [3.63, 3.8) is 0 Å². The normalized spacial score (nSPS) is 10.2. The van der Waals surface area contributed by atoms with Gasteiger partial charge in [-0.3, -0.25) is 10.1 Å². The van der Waals surface area contributed by atoms with Crippen molar-refractivity contribution < 1.29 is 9.66 Å². The predicted octanol–water partition coefficient (Wildman–Crippen LogP) is 2.18. The molecular weight excluding hydrogens is 300 g/mol. The SMILES string of the molecule is CCOc1ccc(Nc2nc(N(C)C)nc(N)c2[N+](=O)[O-])cc1. The Morgan fingerprint density at radius 1 is 1.30 bits per heavy atom. The summed E-state index contributed by atoms with van der Waals surface area (Å²) >= 11 is 0. The molecule has 23 heavy (non-hydrogen) atoms. The molecule has 0 aliphatic heterocycles. The fourth-order valence-electron chi connectivity index (χ4n) is 1.86. The second kappa shape index (κ2) is 6.77. The highest BCUT2D eigenvalue weighted by atomic mass is 16.6. The number of nitrogens with two attached hydrogens (primary N) is 1. The summed E-state index contributed by atoms with van der Waals surface area (Å²) in [5, 5.41) is 14.1. The third-order valence-corrected chi connectivity index (χ3v) is 2.91. The molecule has 0 aliphatic carbocycles. The van der Waals surface area contributed by atoms with Crippen LogP contribution in [0.3, 0.4) is 0 Å². The van der Waals surface area contributed by atoms with E-state index in [-0.39, 0.29) is 23.3 Å². The van der Waals surface area contributed by atoms with Gasteiger partial charge in [-0.15, -0.1) is 0 Å². The van der Waals surface area contributed by atoms with Gasteiger partial charge in [-0.2, -0.15) is 9.97 Å². The Bertz CT molecular complexity index is 702. The van der Waals surface area contributed by atoms with E-state index in [1.807, 2.05) is 6.92 Å². The molecule has 1 heterocycles. The van der Waals surface area contributed by atoms with Gasteiger partial charge in [-0.25, -0.2) is 0 Å². The first kappa shape index (κ1) is 16.3. The van der Waals surface area contributed by atoms with Crippen LogP contribution in [-0.2, 0) is 0 Å². The standard InChI is InChI=1S/C14H18N6O3/c1-4-23-10-7-5-9(6-8-10)16-13-11(20(21)22)12(15)17-14(18-13)19(2)3/h5-8H,4H2,1-3H3,(H3,15,16,17,18). The second-order valence-electron chi connectivity index (χ2n) is 4.84. The lowest BCUT2D eigenvalue weighted by Crippen LogP contribution is -2.16. The quantitative estimate of drug-likeness (QED) is 0.614. The van der Waals surface area contributed by atoms with Crippen molar-refractivity contribution in [3.05, 3.63) is 34.4 Å². The highest BCUT2D eigenvalue weighted by Gasteiger charge is 2.23. The summed E-state index contributed by atoms with van der Waals surface area (Å²) in [5.74, 6) is 0.836. The van der Waals surface area contributed by atoms with E-state index in [0.29, 0.717) is 18.0 Å². The molecule has 122 valence electrons. The Kier molecular flexibility index (Phi) is 4.79. The van der Waals surface area contributed by atoms with Crippen LogP contribution in [0, 0.1) is 10.1 Å². The van der Waals surface area contributed by atoms with E-state index in [9.17, 15) is 10.1 Å². The third-order valence-electron chi connectivity index (χ3n) is 2.91. The maximum atomic E-state index is 11.2. The Labute approximate surface area is 133 Å². The Balaban J connectivity index is 2.38. The monoisotopic (exact) mass is 318 g/mol. The Morgan fingerprint density at radius 3 is 2.48 bits per heavy atom. The molecule has 0 atom stereocenters. The summed E-state index contributed by atoms with van der Waals surface area (Å²) in [5.41, 5.74) is 5.97.